The summed E-state index contributed by atoms with van der Waals surface area (Å²) < 4.78 is 5.66. The van der Waals surface area contributed by atoms with Gasteiger partial charge in [-0.15, -0.1) is 0 Å². The normalized spacial score (nSPS) is 26.0. The van der Waals surface area contributed by atoms with Gasteiger partial charge in [0.2, 0.25) is 0 Å². The Labute approximate surface area is 174 Å². The molecule has 3 unspecified atom stereocenters. The van der Waals surface area contributed by atoms with Crippen LogP contribution in [0, 0.1) is 0 Å². The van der Waals surface area contributed by atoms with Crippen LogP contribution in [0.4, 0.5) is 0 Å². The van der Waals surface area contributed by atoms with E-state index in [1.165, 1.54) is 24.8 Å². The molecular weight excluding hydrogens is 368 g/mol. The van der Waals surface area contributed by atoms with Crippen molar-refractivity contribution in [3.63, 3.8) is 0 Å². The first-order valence-corrected chi connectivity index (χ1v) is 11.8. The van der Waals surface area contributed by atoms with Crippen molar-refractivity contribution in [1.82, 2.24) is 16.0 Å². The van der Waals surface area contributed by atoms with Crippen LogP contribution in [-0.2, 0) is 4.74 Å². The average Bonchev–Trinajstić information content (AvgIpc) is 3.20. The Kier molecular flexibility index (Phi) is 8.06. The topological polar surface area (TPSA) is 57.7 Å². The molecule has 0 aromatic heterocycles. The molecule has 156 valence electrons. The van der Waals surface area contributed by atoms with E-state index >= 15 is 0 Å². The minimum Gasteiger partial charge on any atom is -0.381 e. The molecular formula is C22H36N4OS. The van der Waals surface area contributed by atoms with Crippen molar-refractivity contribution in [1.29, 1.82) is 0 Å². The highest BCUT2D eigenvalue weighted by molar-refractivity contribution is 7.99. The van der Waals surface area contributed by atoms with Crippen molar-refractivity contribution in [3.05, 3.63) is 35.9 Å². The summed E-state index contributed by atoms with van der Waals surface area (Å²) in [4.78, 5) is 4.48. The second-order valence-electron chi connectivity index (χ2n) is 8.11. The highest BCUT2D eigenvalue weighted by atomic mass is 32.2. The van der Waals surface area contributed by atoms with Gasteiger partial charge < -0.3 is 20.7 Å². The van der Waals surface area contributed by atoms with Crippen molar-refractivity contribution < 1.29 is 4.74 Å². The SMILES string of the molecule is CN=C(NCC1(NC(C)c2ccccc2)CCOCC1)NC1CCC(SC)C1. The molecule has 6 heteroatoms. The third-order valence-electron chi connectivity index (χ3n) is 6.15. The maximum atomic E-state index is 5.66. The second-order valence-corrected chi connectivity index (χ2v) is 9.25. The van der Waals surface area contributed by atoms with Gasteiger partial charge in [0, 0.05) is 49.7 Å². The van der Waals surface area contributed by atoms with Crippen LogP contribution in [-0.4, -0.2) is 55.9 Å². The van der Waals surface area contributed by atoms with Crippen molar-refractivity contribution in [2.24, 2.45) is 4.99 Å². The number of nitrogens with one attached hydrogen (secondary N) is 3. The molecule has 1 saturated heterocycles. The predicted octanol–water partition coefficient (Wildman–Crippen LogP) is 3.34. The number of nitrogens with zero attached hydrogens (tertiary/aromatic N) is 1. The molecule has 0 radical (unpaired) electrons. The van der Waals surface area contributed by atoms with Gasteiger partial charge in [0.1, 0.15) is 0 Å². The molecule has 1 saturated carbocycles. The Bertz CT molecular complexity index is 618. The Balaban J connectivity index is 1.58. The Morgan fingerprint density at radius 2 is 2.00 bits per heavy atom. The number of hydrogen-bond donors (Lipinski definition) is 3. The molecule has 3 atom stereocenters. The molecule has 0 spiro atoms. The Morgan fingerprint density at radius 1 is 1.25 bits per heavy atom. The fourth-order valence-corrected chi connectivity index (χ4v) is 5.14. The summed E-state index contributed by atoms with van der Waals surface area (Å²) in [5, 5.41) is 11.9. The van der Waals surface area contributed by atoms with Gasteiger partial charge in [-0.25, -0.2) is 0 Å². The molecule has 3 N–H and O–H groups in total. The van der Waals surface area contributed by atoms with Crippen LogP contribution in [0.25, 0.3) is 0 Å². The van der Waals surface area contributed by atoms with E-state index in [-0.39, 0.29) is 5.54 Å². The Morgan fingerprint density at radius 3 is 2.64 bits per heavy atom. The van der Waals surface area contributed by atoms with E-state index in [1.807, 2.05) is 18.8 Å². The molecule has 0 bridgehead atoms. The highest BCUT2D eigenvalue weighted by Crippen LogP contribution is 2.28. The maximum Gasteiger partial charge on any atom is 0.191 e. The van der Waals surface area contributed by atoms with Crippen molar-refractivity contribution >= 4 is 17.7 Å². The van der Waals surface area contributed by atoms with Gasteiger partial charge in [-0.1, -0.05) is 30.3 Å². The van der Waals surface area contributed by atoms with Crippen LogP contribution in [0.1, 0.15) is 50.6 Å². The number of thioether (sulfide) groups is 1. The van der Waals surface area contributed by atoms with Gasteiger partial charge in [-0.05, 0) is 50.8 Å². The minimum atomic E-state index is 0.0165. The summed E-state index contributed by atoms with van der Waals surface area (Å²) in [5.74, 6) is 0.923. The molecule has 5 nitrogen and oxygen atoms in total. The van der Waals surface area contributed by atoms with Crippen LogP contribution in [0.15, 0.2) is 35.3 Å². The van der Waals surface area contributed by atoms with E-state index in [9.17, 15) is 0 Å². The molecule has 28 heavy (non-hydrogen) atoms. The van der Waals surface area contributed by atoms with Gasteiger partial charge >= 0.3 is 0 Å². The molecule has 2 fully saturated rings. The number of guanidine groups is 1. The minimum absolute atomic E-state index is 0.0165. The van der Waals surface area contributed by atoms with Gasteiger partial charge in [0.25, 0.3) is 0 Å². The lowest BCUT2D eigenvalue weighted by molar-refractivity contribution is 0.0354. The summed E-state index contributed by atoms with van der Waals surface area (Å²) >= 11 is 1.99. The van der Waals surface area contributed by atoms with E-state index in [1.54, 1.807) is 0 Å². The predicted molar refractivity (Wildman–Crippen MR) is 120 cm³/mol. The third-order valence-corrected chi connectivity index (χ3v) is 7.24. The van der Waals surface area contributed by atoms with E-state index in [0.717, 1.165) is 43.8 Å². The quantitative estimate of drug-likeness (QED) is 0.481. The molecule has 0 amide bonds. The lowest BCUT2D eigenvalue weighted by Crippen LogP contribution is -2.58. The highest BCUT2D eigenvalue weighted by Gasteiger charge is 2.34. The standard InChI is InChI=1S/C22H36N4OS/c1-17(18-7-5-4-6-8-18)26-22(11-13-27-14-12-22)16-24-21(23-2)25-19-9-10-20(15-19)28-3/h4-8,17,19-20,26H,9-16H2,1-3H3,(H2,23,24,25). The van der Waals surface area contributed by atoms with Crippen LogP contribution in [0.5, 0.6) is 0 Å². The Hall–Kier alpha value is -1.24. The maximum absolute atomic E-state index is 5.66. The molecule has 1 aliphatic carbocycles. The first kappa shape index (κ1) is 21.5. The largest absolute Gasteiger partial charge is 0.381 e. The number of hydrogen-bond acceptors (Lipinski definition) is 4. The lowest BCUT2D eigenvalue weighted by atomic mass is 9.88. The number of ether oxygens (including phenoxy) is 1. The van der Waals surface area contributed by atoms with Gasteiger partial charge in [-0.2, -0.15) is 11.8 Å². The summed E-state index contributed by atoms with van der Waals surface area (Å²) in [5.41, 5.74) is 1.34. The summed E-state index contributed by atoms with van der Waals surface area (Å²) in [6.45, 7) is 4.72. The average molecular weight is 405 g/mol. The smallest absolute Gasteiger partial charge is 0.191 e. The molecule has 1 aromatic carbocycles. The summed E-state index contributed by atoms with van der Waals surface area (Å²) in [6, 6.07) is 11.5. The fourth-order valence-electron chi connectivity index (χ4n) is 4.34. The summed E-state index contributed by atoms with van der Waals surface area (Å²) in [7, 11) is 1.87. The van der Waals surface area contributed by atoms with Crippen molar-refractivity contribution in [2.45, 2.75) is 61.9 Å². The van der Waals surface area contributed by atoms with Crippen LogP contribution in [0.3, 0.4) is 0 Å². The first-order valence-electron chi connectivity index (χ1n) is 10.5. The number of benzene rings is 1. The third kappa shape index (κ3) is 5.88. The fraction of sp³-hybridized carbons (Fsp3) is 0.682. The lowest BCUT2D eigenvalue weighted by Gasteiger charge is -2.41. The van der Waals surface area contributed by atoms with E-state index < -0.39 is 0 Å². The zero-order chi connectivity index (χ0) is 19.8. The van der Waals surface area contributed by atoms with E-state index in [4.69, 9.17) is 4.74 Å². The van der Waals surface area contributed by atoms with Gasteiger partial charge in [-0.3, -0.25) is 4.99 Å². The molecule has 1 heterocycles. The zero-order valence-corrected chi connectivity index (χ0v) is 18.4. The molecule has 2 aliphatic rings. The monoisotopic (exact) mass is 404 g/mol. The van der Waals surface area contributed by atoms with Gasteiger partial charge in [0.05, 0.1) is 0 Å². The number of rotatable bonds is 7. The summed E-state index contributed by atoms with van der Waals surface area (Å²) in [6.07, 6.45) is 7.98. The van der Waals surface area contributed by atoms with Crippen molar-refractivity contribution in [2.75, 3.05) is 33.1 Å². The van der Waals surface area contributed by atoms with E-state index in [2.05, 4.69) is 64.5 Å². The van der Waals surface area contributed by atoms with Crippen LogP contribution < -0.4 is 16.0 Å². The molecule has 3 rings (SSSR count). The first-order chi connectivity index (χ1) is 13.6. The van der Waals surface area contributed by atoms with Crippen LogP contribution >= 0.6 is 11.8 Å². The van der Waals surface area contributed by atoms with Crippen molar-refractivity contribution in [3.8, 4) is 0 Å². The zero-order valence-electron chi connectivity index (χ0n) is 17.5. The molecule has 1 aliphatic heterocycles. The van der Waals surface area contributed by atoms with E-state index in [0.29, 0.717) is 12.1 Å². The van der Waals surface area contributed by atoms with Crippen LogP contribution in [0.2, 0.25) is 0 Å². The number of aliphatic imine (C=N–C) groups is 1. The van der Waals surface area contributed by atoms with Gasteiger partial charge in [0.15, 0.2) is 5.96 Å². The molecule has 1 aromatic rings. The second kappa shape index (κ2) is 10.5.